The highest BCUT2D eigenvalue weighted by Crippen LogP contribution is 2.37. The number of nitrogens with one attached hydrogen (secondary N) is 2. The van der Waals surface area contributed by atoms with E-state index >= 15 is 0 Å². The van der Waals surface area contributed by atoms with Crippen molar-refractivity contribution in [2.24, 2.45) is 11.6 Å². The van der Waals surface area contributed by atoms with Crippen molar-refractivity contribution in [1.82, 2.24) is 25.7 Å². The number of hydrogen-bond acceptors (Lipinski definition) is 7. The molecule has 0 fully saturated rings. The minimum absolute atomic E-state index is 0.0511. The number of carbonyl (C=O) groups excluding carboxylic acids is 3. The van der Waals surface area contributed by atoms with E-state index in [0.717, 1.165) is 43.2 Å². The average Bonchev–Trinajstić information content (AvgIpc) is 3.43. The normalized spacial score (nSPS) is 11.4. The number of unbranched alkanes of at least 4 members (excludes halogenated alkanes) is 4. The third-order valence-electron chi connectivity index (χ3n) is 7.71. The lowest BCUT2D eigenvalue weighted by atomic mass is 9.77. The van der Waals surface area contributed by atoms with E-state index in [1.807, 2.05) is 42.5 Å². The molecular formula is C32H39N7O4. The molecule has 4 rings (SSSR count). The minimum Gasteiger partial charge on any atom is -0.505 e. The van der Waals surface area contributed by atoms with Crippen LogP contribution in [0.4, 0.5) is 0 Å². The SMILES string of the molecule is CC(C)(c1ccccc1)c1cc(CNC(=O)CCCCCCCC(=O)NN)c(O)c(-n2nc3ccc(C(N)=O)cc3n2)c1. The largest absolute Gasteiger partial charge is 0.505 e. The number of aromatic nitrogens is 3. The number of aromatic hydroxyl groups is 1. The highest BCUT2D eigenvalue weighted by Gasteiger charge is 2.26. The summed E-state index contributed by atoms with van der Waals surface area (Å²) in [5, 5.41) is 23.4. The van der Waals surface area contributed by atoms with Gasteiger partial charge in [0.15, 0.2) is 0 Å². The fraction of sp³-hybridized carbons (Fsp3) is 0.344. The maximum atomic E-state index is 12.7. The molecule has 1 aromatic heterocycles. The quantitative estimate of drug-likeness (QED) is 0.0645. The van der Waals surface area contributed by atoms with Crippen molar-refractivity contribution in [1.29, 1.82) is 0 Å². The van der Waals surface area contributed by atoms with Crippen LogP contribution in [0.15, 0.2) is 60.7 Å². The number of hydrazine groups is 1. The Kier molecular flexibility index (Phi) is 10.1. The van der Waals surface area contributed by atoms with E-state index in [1.54, 1.807) is 18.2 Å². The number of amides is 3. The Morgan fingerprint density at radius 3 is 2.16 bits per heavy atom. The summed E-state index contributed by atoms with van der Waals surface area (Å²) in [5.74, 6) is 4.19. The zero-order valence-electron chi connectivity index (χ0n) is 24.6. The molecule has 0 spiro atoms. The number of carbonyl (C=O) groups is 3. The van der Waals surface area contributed by atoms with Gasteiger partial charge in [-0.25, -0.2) is 5.84 Å². The first-order valence-electron chi connectivity index (χ1n) is 14.5. The van der Waals surface area contributed by atoms with Crippen LogP contribution in [0.1, 0.15) is 85.8 Å². The van der Waals surface area contributed by atoms with Gasteiger partial charge >= 0.3 is 0 Å². The van der Waals surface area contributed by atoms with Gasteiger partial charge in [-0.1, -0.05) is 63.4 Å². The molecule has 11 heteroatoms. The van der Waals surface area contributed by atoms with Crippen LogP contribution in [0, 0.1) is 0 Å². The van der Waals surface area contributed by atoms with Crippen molar-refractivity contribution in [2.45, 2.75) is 70.8 Å². The molecule has 1 heterocycles. The molecule has 3 amide bonds. The number of phenols is 1. The van der Waals surface area contributed by atoms with Crippen molar-refractivity contribution in [3.63, 3.8) is 0 Å². The number of fused-ring (bicyclic) bond motifs is 1. The third-order valence-corrected chi connectivity index (χ3v) is 7.71. The topological polar surface area (TPSA) is 178 Å². The van der Waals surface area contributed by atoms with Gasteiger partial charge in [0.2, 0.25) is 17.7 Å². The van der Waals surface area contributed by atoms with Gasteiger partial charge in [-0.3, -0.25) is 19.8 Å². The Bertz CT molecular complexity index is 1600. The lowest BCUT2D eigenvalue weighted by Crippen LogP contribution is -2.29. The number of benzene rings is 3. The molecule has 0 saturated heterocycles. The van der Waals surface area contributed by atoms with Crippen molar-refractivity contribution < 1.29 is 19.5 Å². The summed E-state index contributed by atoms with van der Waals surface area (Å²) in [6.45, 7) is 4.31. The van der Waals surface area contributed by atoms with E-state index in [2.05, 4.69) is 34.8 Å². The van der Waals surface area contributed by atoms with E-state index in [0.29, 0.717) is 40.7 Å². The van der Waals surface area contributed by atoms with Crippen LogP contribution in [0.5, 0.6) is 5.75 Å². The number of nitrogens with zero attached hydrogens (tertiary/aromatic N) is 3. The molecule has 4 aromatic rings. The van der Waals surface area contributed by atoms with Crippen LogP contribution >= 0.6 is 0 Å². The first kappa shape index (κ1) is 31.2. The first-order valence-corrected chi connectivity index (χ1v) is 14.5. The lowest BCUT2D eigenvalue weighted by Gasteiger charge is -2.28. The predicted octanol–water partition coefficient (Wildman–Crippen LogP) is 3.89. The van der Waals surface area contributed by atoms with Crippen LogP contribution in [0.2, 0.25) is 0 Å². The standard InChI is InChI=1S/C32H39N7O4/c1-32(2,23-11-7-6-8-12-23)24-17-22(20-35-28(40)13-9-4-3-5-10-14-29(41)36-34)30(42)27(19-24)39-37-25-16-15-21(31(33)43)18-26(25)38-39/h6-8,11-12,15-19,42H,3-5,9-10,13-14,20,34H2,1-2H3,(H2,33,43)(H,35,40)(H,36,41). The van der Waals surface area contributed by atoms with Gasteiger partial charge in [0.25, 0.3) is 0 Å². The van der Waals surface area contributed by atoms with Crippen molar-refractivity contribution >= 4 is 28.8 Å². The van der Waals surface area contributed by atoms with Gasteiger partial charge in [0.1, 0.15) is 22.5 Å². The summed E-state index contributed by atoms with van der Waals surface area (Å²) in [7, 11) is 0. The molecule has 226 valence electrons. The number of rotatable bonds is 14. The summed E-state index contributed by atoms with van der Waals surface area (Å²) >= 11 is 0. The first-order chi connectivity index (χ1) is 20.6. The molecule has 0 atom stereocenters. The minimum atomic E-state index is -0.569. The highest BCUT2D eigenvalue weighted by molar-refractivity contribution is 5.96. The zero-order valence-corrected chi connectivity index (χ0v) is 24.6. The maximum absolute atomic E-state index is 12.7. The number of primary amides is 1. The average molecular weight is 586 g/mol. The molecule has 0 unspecified atom stereocenters. The van der Waals surface area contributed by atoms with Crippen LogP contribution in [-0.4, -0.2) is 37.8 Å². The second kappa shape index (κ2) is 13.9. The number of nitrogens with two attached hydrogens (primary N) is 2. The molecule has 3 aromatic carbocycles. The maximum Gasteiger partial charge on any atom is 0.248 e. The fourth-order valence-corrected chi connectivity index (χ4v) is 4.98. The molecule has 0 saturated carbocycles. The molecule has 43 heavy (non-hydrogen) atoms. The monoisotopic (exact) mass is 585 g/mol. The molecule has 0 radical (unpaired) electrons. The van der Waals surface area contributed by atoms with Gasteiger partial charge in [-0.2, -0.15) is 0 Å². The Morgan fingerprint density at radius 2 is 1.49 bits per heavy atom. The van der Waals surface area contributed by atoms with Crippen molar-refractivity contribution in [3.8, 4) is 11.4 Å². The van der Waals surface area contributed by atoms with Crippen LogP contribution in [0.25, 0.3) is 16.7 Å². The van der Waals surface area contributed by atoms with Gasteiger partial charge in [-0.15, -0.1) is 15.0 Å². The molecule has 11 nitrogen and oxygen atoms in total. The lowest BCUT2D eigenvalue weighted by molar-refractivity contribution is -0.122. The fourth-order valence-electron chi connectivity index (χ4n) is 4.98. The zero-order chi connectivity index (χ0) is 31.0. The summed E-state index contributed by atoms with van der Waals surface area (Å²) in [6, 6.07) is 18.6. The Morgan fingerprint density at radius 1 is 0.837 bits per heavy atom. The number of hydrogen-bond donors (Lipinski definition) is 5. The summed E-state index contributed by atoms with van der Waals surface area (Å²) < 4.78 is 0. The summed E-state index contributed by atoms with van der Waals surface area (Å²) in [6.07, 6.45) is 4.96. The van der Waals surface area contributed by atoms with E-state index in [9.17, 15) is 19.5 Å². The molecule has 0 aliphatic carbocycles. The summed E-state index contributed by atoms with van der Waals surface area (Å²) in [4.78, 5) is 36.9. The van der Waals surface area contributed by atoms with Gasteiger partial charge < -0.3 is 16.2 Å². The van der Waals surface area contributed by atoms with E-state index in [-0.39, 0.29) is 24.1 Å². The van der Waals surface area contributed by atoms with Crippen LogP contribution in [-0.2, 0) is 21.5 Å². The van der Waals surface area contributed by atoms with Crippen LogP contribution < -0.4 is 22.3 Å². The van der Waals surface area contributed by atoms with Gasteiger partial charge in [0, 0.05) is 35.9 Å². The highest BCUT2D eigenvalue weighted by atomic mass is 16.3. The van der Waals surface area contributed by atoms with Gasteiger partial charge in [0.05, 0.1) is 0 Å². The molecule has 7 N–H and O–H groups in total. The molecule has 0 aliphatic heterocycles. The summed E-state index contributed by atoms with van der Waals surface area (Å²) in [5.41, 5.74) is 11.3. The predicted molar refractivity (Wildman–Crippen MR) is 164 cm³/mol. The van der Waals surface area contributed by atoms with Crippen LogP contribution in [0.3, 0.4) is 0 Å². The third kappa shape index (κ3) is 7.75. The van der Waals surface area contributed by atoms with Crippen molar-refractivity contribution in [3.05, 3.63) is 82.9 Å². The van der Waals surface area contributed by atoms with Crippen molar-refractivity contribution in [2.75, 3.05) is 0 Å². The Balaban J connectivity index is 1.54. The number of phenolic OH excluding ortho intramolecular Hbond substituents is 1. The Hall–Kier alpha value is -4.77. The second-order valence-corrected chi connectivity index (χ2v) is 11.2. The van der Waals surface area contributed by atoms with E-state index < -0.39 is 11.3 Å². The molecule has 0 bridgehead atoms. The smallest absolute Gasteiger partial charge is 0.248 e. The molecule has 0 aliphatic rings. The Labute approximate surface area is 250 Å². The van der Waals surface area contributed by atoms with Gasteiger partial charge in [-0.05, 0) is 54.3 Å². The van der Waals surface area contributed by atoms with E-state index in [4.69, 9.17) is 11.6 Å². The molecular weight excluding hydrogens is 546 g/mol. The van der Waals surface area contributed by atoms with E-state index in [1.165, 1.54) is 4.80 Å². The second-order valence-electron chi connectivity index (χ2n) is 11.2.